The predicted octanol–water partition coefficient (Wildman–Crippen LogP) is -0.182. The largest absolute Gasteiger partial charge is 0.476 e. The number of carbonyl (C=O) groups excluding carboxylic acids is 2. The first-order valence-corrected chi connectivity index (χ1v) is 7.27. The van der Waals surface area contributed by atoms with Gasteiger partial charge in [0.1, 0.15) is 6.04 Å². The SMILES string of the molecule is CCNC(=O)C1COCCN1C(=O)c1nc(C(=O)O)cs1. The molecule has 2 amide bonds. The summed E-state index contributed by atoms with van der Waals surface area (Å²) in [6, 6.07) is -0.719. The molecule has 1 fully saturated rings. The number of rotatable bonds is 4. The van der Waals surface area contributed by atoms with Crippen LogP contribution in [0.3, 0.4) is 0 Å². The number of ether oxygens (including phenoxy) is 1. The van der Waals surface area contributed by atoms with Crippen LogP contribution in [0.1, 0.15) is 27.2 Å². The van der Waals surface area contributed by atoms with Crippen LogP contribution in [0.4, 0.5) is 0 Å². The van der Waals surface area contributed by atoms with Gasteiger partial charge in [-0.3, -0.25) is 9.59 Å². The Bertz CT molecular complexity index is 559. The van der Waals surface area contributed by atoms with E-state index in [0.717, 1.165) is 11.3 Å². The van der Waals surface area contributed by atoms with Gasteiger partial charge in [0.2, 0.25) is 5.91 Å². The molecular formula is C12H15N3O5S. The highest BCUT2D eigenvalue weighted by Gasteiger charge is 2.34. The van der Waals surface area contributed by atoms with E-state index in [-0.39, 0.29) is 29.8 Å². The van der Waals surface area contributed by atoms with E-state index in [4.69, 9.17) is 9.84 Å². The topological polar surface area (TPSA) is 109 Å². The van der Waals surface area contributed by atoms with Gasteiger partial charge in [-0.2, -0.15) is 0 Å². The van der Waals surface area contributed by atoms with E-state index in [0.29, 0.717) is 13.2 Å². The molecule has 1 aliphatic rings. The Labute approximate surface area is 124 Å². The number of carbonyl (C=O) groups is 3. The molecule has 21 heavy (non-hydrogen) atoms. The summed E-state index contributed by atoms with van der Waals surface area (Å²) in [4.78, 5) is 40.3. The smallest absolute Gasteiger partial charge is 0.355 e. The molecule has 0 radical (unpaired) electrons. The molecule has 0 aromatic carbocycles. The summed E-state index contributed by atoms with van der Waals surface area (Å²) in [6.45, 7) is 2.96. The summed E-state index contributed by atoms with van der Waals surface area (Å²) in [5.74, 6) is -1.93. The maximum absolute atomic E-state index is 12.4. The highest BCUT2D eigenvalue weighted by molar-refractivity contribution is 7.11. The van der Waals surface area contributed by atoms with Gasteiger partial charge in [-0.1, -0.05) is 0 Å². The summed E-state index contributed by atoms with van der Waals surface area (Å²) in [7, 11) is 0. The zero-order valence-electron chi connectivity index (χ0n) is 11.4. The molecule has 9 heteroatoms. The summed E-state index contributed by atoms with van der Waals surface area (Å²) in [6.07, 6.45) is 0. The van der Waals surface area contributed by atoms with Crippen LogP contribution in [0.25, 0.3) is 0 Å². The normalized spacial score (nSPS) is 18.3. The van der Waals surface area contributed by atoms with E-state index in [1.165, 1.54) is 10.3 Å². The highest BCUT2D eigenvalue weighted by Crippen LogP contribution is 2.16. The lowest BCUT2D eigenvalue weighted by Gasteiger charge is -2.33. The molecule has 114 valence electrons. The van der Waals surface area contributed by atoms with Crippen LogP contribution in [0.2, 0.25) is 0 Å². The molecule has 0 aliphatic carbocycles. The number of carboxylic acid groups (broad SMARTS) is 1. The zero-order chi connectivity index (χ0) is 15.4. The molecule has 1 aromatic heterocycles. The summed E-state index contributed by atoms with van der Waals surface area (Å²) in [5.41, 5.74) is -0.175. The fourth-order valence-electron chi connectivity index (χ4n) is 1.95. The van der Waals surface area contributed by atoms with Crippen molar-refractivity contribution in [1.82, 2.24) is 15.2 Å². The third kappa shape index (κ3) is 3.37. The van der Waals surface area contributed by atoms with Gasteiger partial charge in [0.15, 0.2) is 10.7 Å². The number of hydrogen-bond donors (Lipinski definition) is 2. The van der Waals surface area contributed by atoms with E-state index in [9.17, 15) is 14.4 Å². The van der Waals surface area contributed by atoms with Crippen molar-refractivity contribution in [2.75, 3.05) is 26.3 Å². The van der Waals surface area contributed by atoms with Crippen LogP contribution < -0.4 is 5.32 Å². The average Bonchev–Trinajstić information content (AvgIpc) is 2.97. The Balaban J connectivity index is 2.17. The number of carboxylic acids is 1. The molecule has 2 rings (SSSR count). The molecular weight excluding hydrogens is 298 g/mol. The Morgan fingerprint density at radius 1 is 1.57 bits per heavy atom. The van der Waals surface area contributed by atoms with Gasteiger partial charge >= 0.3 is 5.97 Å². The van der Waals surface area contributed by atoms with Crippen LogP contribution in [0.5, 0.6) is 0 Å². The van der Waals surface area contributed by atoms with Gasteiger partial charge in [-0.15, -0.1) is 11.3 Å². The zero-order valence-corrected chi connectivity index (χ0v) is 12.2. The summed E-state index contributed by atoms with van der Waals surface area (Å²) < 4.78 is 5.24. The molecule has 1 aromatic rings. The van der Waals surface area contributed by atoms with Crippen LogP contribution in [0, 0.1) is 0 Å². The van der Waals surface area contributed by atoms with Crippen LogP contribution in [-0.4, -0.2) is 65.1 Å². The molecule has 1 unspecified atom stereocenters. The third-order valence-electron chi connectivity index (χ3n) is 2.95. The van der Waals surface area contributed by atoms with Crippen LogP contribution in [0.15, 0.2) is 5.38 Å². The highest BCUT2D eigenvalue weighted by atomic mass is 32.1. The van der Waals surface area contributed by atoms with Crippen molar-refractivity contribution < 1.29 is 24.2 Å². The number of hydrogen-bond acceptors (Lipinski definition) is 6. The van der Waals surface area contributed by atoms with Crippen LogP contribution >= 0.6 is 11.3 Å². The molecule has 1 aliphatic heterocycles. The van der Waals surface area contributed by atoms with E-state index < -0.39 is 17.9 Å². The van der Waals surface area contributed by atoms with Gasteiger partial charge < -0.3 is 20.1 Å². The number of nitrogens with one attached hydrogen (secondary N) is 1. The van der Waals surface area contributed by atoms with Gasteiger partial charge in [0.25, 0.3) is 5.91 Å². The Hall–Kier alpha value is -2.00. The average molecular weight is 313 g/mol. The molecule has 0 spiro atoms. The first kappa shape index (κ1) is 15.4. The van der Waals surface area contributed by atoms with E-state index >= 15 is 0 Å². The molecule has 0 saturated carbocycles. The fourth-order valence-corrected chi connectivity index (χ4v) is 2.69. The number of aromatic nitrogens is 1. The minimum atomic E-state index is -1.19. The molecule has 1 atom stereocenters. The lowest BCUT2D eigenvalue weighted by Crippen LogP contribution is -2.55. The number of aromatic carboxylic acids is 1. The van der Waals surface area contributed by atoms with E-state index in [2.05, 4.69) is 10.3 Å². The number of amides is 2. The second-order valence-electron chi connectivity index (χ2n) is 4.33. The molecule has 2 N–H and O–H groups in total. The second-order valence-corrected chi connectivity index (χ2v) is 5.18. The van der Waals surface area contributed by atoms with Gasteiger partial charge in [-0.25, -0.2) is 9.78 Å². The fraction of sp³-hybridized carbons (Fsp3) is 0.500. The summed E-state index contributed by atoms with van der Waals surface area (Å²) >= 11 is 0.951. The molecule has 8 nitrogen and oxygen atoms in total. The monoisotopic (exact) mass is 313 g/mol. The molecule has 0 bridgehead atoms. The Morgan fingerprint density at radius 2 is 2.33 bits per heavy atom. The van der Waals surface area contributed by atoms with Gasteiger partial charge in [0, 0.05) is 18.5 Å². The van der Waals surface area contributed by atoms with Gasteiger partial charge in [0.05, 0.1) is 13.2 Å². The minimum absolute atomic E-state index is 0.0589. The van der Waals surface area contributed by atoms with Crippen molar-refractivity contribution in [3.05, 3.63) is 16.1 Å². The first-order chi connectivity index (χ1) is 10.0. The maximum atomic E-state index is 12.4. The van der Waals surface area contributed by atoms with Gasteiger partial charge in [-0.05, 0) is 6.92 Å². The quantitative estimate of drug-likeness (QED) is 0.798. The molecule has 1 saturated heterocycles. The van der Waals surface area contributed by atoms with E-state index in [1.54, 1.807) is 6.92 Å². The van der Waals surface area contributed by atoms with Crippen molar-refractivity contribution in [2.24, 2.45) is 0 Å². The maximum Gasteiger partial charge on any atom is 0.355 e. The lowest BCUT2D eigenvalue weighted by atomic mass is 10.2. The Morgan fingerprint density at radius 3 is 2.95 bits per heavy atom. The van der Waals surface area contributed by atoms with Crippen molar-refractivity contribution in [3.8, 4) is 0 Å². The van der Waals surface area contributed by atoms with Crippen LogP contribution in [-0.2, 0) is 9.53 Å². The van der Waals surface area contributed by atoms with Crippen molar-refractivity contribution in [1.29, 1.82) is 0 Å². The third-order valence-corrected chi connectivity index (χ3v) is 3.78. The summed E-state index contributed by atoms with van der Waals surface area (Å²) in [5, 5.41) is 12.8. The number of likely N-dealkylation sites (N-methyl/N-ethyl adjacent to an activating group) is 1. The predicted molar refractivity (Wildman–Crippen MR) is 73.4 cm³/mol. The first-order valence-electron chi connectivity index (χ1n) is 6.39. The Kier molecular flexibility index (Phi) is 4.86. The minimum Gasteiger partial charge on any atom is -0.476 e. The van der Waals surface area contributed by atoms with Crippen molar-refractivity contribution in [3.63, 3.8) is 0 Å². The van der Waals surface area contributed by atoms with E-state index in [1.807, 2.05) is 0 Å². The van der Waals surface area contributed by atoms with Crippen molar-refractivity contribution in [2.45, 2.75) is 13.0 Å². The van der Waals surface area contributed by atoms with Crippen molar-refractivity contribution >= 4 is 29.1 Å². The molecule has 2 heterocycles. The number of nitrogens with zero attached hydrogens (tertiary/aromatic N) is 2. The number of morpholine rings is 1. The standard InChI is InChI=1S/C12H15N3O5S/c1-2-13-9(16)8-5-20-4-3-15(8)11(17)10-14-7(6-21-10)12(18)19/h6,8H,2-5H2,1H3,(H,13,16)(H,18,19). The second kappa shape index (κ2) is 6.64. The number of thiazole rings is 1. The lowest BCUT2D eigenvalue weighted by molar-refractivity contribution is -0.130.